The van der Waals surface area contributed by atoms with Crippen molar-refractivity contribution in [1.29, 1.82) is 0 Å². The third-order valence-corrected chi connectivity index (χ3v) is 2.73. The van der Waals surface area contributed by atoms with Gasteiger partial charge in [-0.15, -0.1) is 0 Å². The predicted octanol–water partition coefficient (Wildman–Crippen LogP) is 0.942. The molecule has 5 nitrogen and oxygen atoms in total. The molecule has 1 saturated heterocycles. The Morgan fingerprint density at radius 1 is 1.60 bits per heavy atom. The van der Waals surface area contributed by atoms with Gasteiger partial charge in [0.25, 0.3) is 0 Å². The van der Waals surface area contributed by atoms with Crippen LogP contribution in [0.1, 0.15) is 35.1 Å². The first-order valence-corrected chi connectivity index (χ1v) is 4.94. The molecule has 5 heteroatoms. The van der Waals surface area contributed by atoms with Gasteiger partial charge in [-0.25, -0.2) is 9.78 Å². The molecule has 1 fully saturated rings. The maximum Gasteiger partial charge on any atom is 0.356 e. The van der Waals surface area contributed by atoms with Gasteiger partial charge in [0.05, 0.1) is 24.1 Å². The molecule has 1 unspecified atom stereocenters. The van der Waals surface area contributed by atoms with Crippen molar-refractivity contribution in [3.8, 4) is 0 Å². The van der Waals surface area contributed by atoms with Crippen molar-refractivity contribution in [2.75, 3.05) is 13.6 Å². The Labute approximate surface area is 87.8 Å². The van der Waals surface area contributed by atoms with E-state index in [4.69, 9.17) is 5.11 Å². The standard InChI is InChI=1S/C10H13N3O2/c1-13-4-2-3-9(13)7-5-11-6-8(12-7)10(14)15/h5-6,9H,2-4H2,1H3,(H,14,15). The predicted molar refractivity (Wildman–Crippen MR) is 53.6 cm³/mol. The molecule has 0 amide bonds. The Morgan fingerprint density at radius 2 is 2.40 bits per heavy atom. The molecule has 1 atom stereocenters. The molecule has 0 spiro atoms. The van der Waals surface area contributed by atoms with Crippen LogP contribution >= 0.6 is 0 Å². The third-order valence-electron chi connectivity index (χ3n) is 2.73. The fourth-order valence-electron chi connectivity index (χ4n) is 1.93. The molecular formula is C10H13N3O2. The molecule has 0 saturated carbocycles. The highest BCUT2D eigenvalue weighted by Gasteiger charge is 2.24. The Kier molecular flexibility index (Phi) is 2.64. The smallest absolute Gasteiger partial charge is 0.356 e. The third kappa shape index (κ3) is 1.97. The summed E-state index contributed by atoms with van der Waals surface area (Å²) in [5.41, 5.74) is 0.780. The van der Waals surface area contributed by atoms with Crippen LogP contribution in [0, 0.1) is 0 Å². The van der Waals surface area contributed by atoms with E-state index in [9.17, 15) is 4.79 Å². The number of carboxylic acid groups (broad SMARTS) is 1. The summed E-state index contributed by atoms with van der Waals surface area (Å²) in [4.78, 5) is 20.9. The second-order valence-corrected chi connectivity index (χ2v) is 3.77. The molecule has 80 valence electrons. The number of likely N-dealkylation sites (tertiary alicyclic amines) is 1. The van der Waals surface area contributed by atoms with Crippen LogP contribution in [0.3, 0.4) is 0 Å². The van der Waals surface area contributed by atoms with Crippen LogP contribution in [0.25, 0.3) is 0 Å². The summed E-state index contributed by atoms with van der Waals surface area (Å²) in [7, 11) is 2.02. The average Bonchev–Trinajstić information content (AvgIpc) is 2.64. The monoisotopic (exact) mass is 207 g/mol. The second-order valence-electron chi connectivity index (χ2n) is 3.77. The van der Waals surface area contributed by atoms with E-state index in [1.54, 1.807) is 6.20 Å². The number of nitrogens with zero attached hydrogens (tertiary/aromatic N) is 3. The Balaban J connectivity index is 2.28. The highest BCUT2D eigenvalue weighted by Crippen LogP contribution is 2.28. The molecule has 0 radical (unpaired) electrons. The van der Waals surface area contributed by atoms with Crippen LogP contribution in [-0.2, 0) is 0 Å². The van der Waals surface area contributed by atoms with Gasteiger partial charge in [-0.05, 0) is 26.4 Å². The first kappa shape index (κ1) is 10.0. The highest BCUT2D eigenvalue weighted by atomic mass is 16.4. The number of rotatable bonds is 2. The van der Waals surface area contributed by atoms with E-state index >= 15 is 0 Å². The minimum absolute atomic E-state index is 0.0211. The first-order chi connectivity index (χ1) is 7.18. The van der Waals surface area contributed by atoms with Crippen LogP contribution in [0.4, 0.5) is 0 Å². The van der Waals surface area contributed by atoms with Crippen molar-refractivity contribution >= 4 is 5.97 Å². The minimum Gasteiger partial charge on any atom is -0.476 e. The van der Waals surface area contributed by atoms with Crippen LogP contribution in [0.5, 0.6) is 0 Å². The molecule has 1 aliphatic rings. The van der Waals surface area contributed by atoms with Crippen molar-refractivity contribution in [3.63, 3.8) is 0 Å². The lowest BCUT2D eigenvalue weighted by Crippen LogP contribution is -2.19. The van der Waals surface area contributed by atoms with Gasteiger partial charge in [0.2, 0.25) is 0 Å². The minimum atomic E-state index is -1.02. The number of hydrogen-bond acceptors (Lipinski definition) is 4. The first-order valence-electron chi connectivity index (χ1n) is 4.94. The lowest BCUT2D eigenvalue weighted by atomic mass is 10.1. The van der Waals surface area contributed by atoms with Crippen molar-refractivity contribution < 1.29 is 9.90 Å². The van der Waals surface area contributed by atoms with E-state index in [0.29, 0.717) is 0 Å². The van der Waals surface area contributed by atoms with E-state index in [-0.39, 0.29) is 11.7 Å². The summed E-state index contributed by atoms with van der Waals surface area (Å²) in [6, 6.07) is 0.219. The van der Waals surface area contributed by atoms with Crippen molar-refractivity contribution in [3.05, 3.63) is 23.8 Å². The lowest BCUT2D eigenvalue weighted by molar-refractivity contribution is 0.0689. The second kappa shape index (κ2) is 3.94. The van der Waals surface area contributed by atoms with E-state index in [0.717, 1.165) is 25.1 Å². The summed E-state index contributed by atoms with van der Waals surface area (Å²) in [6.45, 7) is 1.03. The van der Waals surface area contributed by atoms with E-state index in [2.05, 4.69) is 14.9 Å². The zero-order valence-electron chi connectivity index (χ0n) is 8.55. The number of aromatic nitrogens is 2. The summed E-state index contributed by atoms with van der Waals surface area (Å²) < 4.78 is 0. The van der Waals surface area contributed by atoms with Gasteiger partial charge in [-0.3, -0.25) is 9.88 Å². The molecule has 1 aliphatic heterocycles. The van der Waals surface area contributed by atoms with Crippen LogP contribution in [0.15, 0.2) is 12.4 Å². The van der Waals surface area contributed by atoms with Gasteiger partial charge < -0.3 is 5.11 Å². The quantitative estimate of drug-likeness (QED) is 0.781. The van der Waals surface area contributed by atoms with Crippen molar-refractivity contribution in [2.24, 2.45) is 0 Å². The zero-order valence-corrected chi connectivity index (χ0v) is 8.55. The van der Waals surface area contributed by atoms with Crippen molar-refractivity contribution in [1.82, 2.24) is 14.9 Å². The van der Waals surface area contributed by atoms with Crippen molar-refractivity contribution in [2.45, 2.75) is 18.9 Å². The summed E-state index contributed by atoms with van der Waals surface area (Å²) in [5.74, 6) is -1.02. The molecule has 2 rings (SSSR count). The van der Waals surface area contributed by atoms with Gasteiger partial charge in [-0.1, -0.05) is 0 Å². The fraction of sp³-hybridized carbons (Fsp3) is 0.500. The Hall–Kier alpha value is -1.49. The number of carbonyl (C=O) groups is 1. The fourth-order valence-corrected chi connectivity index (χ4v) is 1.93. The molecule has 2 heterocycles. The van der Waals surface area contributed by atoms with Gasteiger partial charge in [0.1, 0.15) is 0 Å². The maximum atomic E-state index is 10.7. The van der Waals surface area contributed by atoms with Crippen LogP contribution in [-0.4, -0.2) is 39.5 Å². The van der Waals surface area contributed by atoms with Gasteiger partial charge in [-0.2, -0.15) is 0 Å². The van der Waals surface area contributed by atoms with Gasteiger partial charge >= 0.3 is 5.97 Å². The molecule has 0 aromatic carbocycles. The largest absolute Gasteiger partial charge is 0.476 e. The van der Waals surface area contributed by atoms with Gasteiger partial charge in [0, 0.05) is 0 Å². The summed E-state index contributed by atoms with van der Waals surface area (Å²) in [5, 5.41) is 8.80. The SMILES string of the molecule is CN1CCCC1c1cncc(C(=O)O)n1. The molecule has 1 aromatic heterocycles. The number of carboxylic acids is 1. The number of aromatic carboxylic acids is 1. The van der Waals surface area contributed by atoms with Crippen LogP contribution in [0.2, 0.25) is 0 Å². The molecule has 0 bridgehead atoms. The Morgan fingerprint density at radius 3 is 3.00 bits per heavy atom. The molecule has 0 aliphatic carbocycles. The van der Waals surface area contributed by atoms with E-state index < -0.39 is 5.97 Å². The molecule has 1 N–H and O–H groups in total. The maximum absolute atomic E-state index is 10.7. The lowest BCUT2D eigenvalue weighted by Gasteiger charge is -2.18. The van der Waals surface area contributed by atoms with Gasteiger partial charge in [0.15, 0.2) is 5.69 Å². The topological polar surface area (TPSA) is 66.3 Å². The summed E-state index contributed by atoms with van der Waals surface area (Å²) in [6.07, 6.45) is 5.08. The van der Waals surface area contributed by atoms with E-state index in [1.165, 1.54) is 6.20 Å². The molecule has 15 heavy (non-hydrogen) atoms. The van der Waals surface area contributed by atoms with E-state index in [1.807, 2.05) is 7.05 Å². The molecular weight excluding hydrogens is 194 g/mol. The average molecular weight is 207 g/mol. The van der Waals surface area contributed by atoms with Crippen LogP contribution < -0.4 is 0 Å². The highest BCUT2D eigenvalue weighted by molar-refractivity contribution is 5.84. The normalized spacial score (nSPS) is 21.8. The zero-order chi connectivity index (χ0) is 10.8. The summed E-state index contributed by atoms with van der Waals surface area (Å²) >= 11 is 0. The number of hydrogen-bond donors (Lipinski definition) is 1. The Bertz CT molecular complexity index is 381. The molecule has 1 aromatic rings.